The molecule has 1 amide bonds. The summed E-state index contributed by atoms with van der Waals surface area (Å²) in [5.74, 6) is -0.273. The molecule has 3 fully saturated rings. The maximum absolute atomic E-state index is 12.9. The number of amides is 1. The van der Waals surface area contributed by atoms with E-state index in [2.05, 4.69) is 72.1 Å². The number of Topliss-reactive ketones (excluding diaryl/α,β-unsaturated/α-hetero) is 1. The second kappa shape index (κ2) is 25.6. The van der Waals surface area contributed by atoms with Crippen LogP contribution in [0.4, 0.5) is 9.59 Å². The predicted octanol–water partition coefficient (Wildman–Crippen LogP) is 8.15. The molecule has 348 valence electrons. The number of hydrogen-bond donors (Lipinski definition) is 5. The maximum Gasteiger partial charge on any atom is 0.508 e. The molecule has 5 aliphatic rings. The first kappa shape index (κ1) is 51.0. The molecule has 8 atom stereocenters. The zero-order valence-corrected chi connectivity index (χ0v) is 37.3. The largest absolute Gasteiger partial charge is 0.508 e. The molecular formula is C50H71NO12. The summed E-state index contributed by atoms with van der Waals surface area (Å²) in [5.41, 5.74) is 2.64. The van der Waals surface area contributed by atoms with Gasteiger partial charge >= 0.3 is 12.3 Å². The van der Waals surface area contributed by atoms with Gasteiger partial charge in [0.15, 0.2) is 18.2 Å². The summed E-state index contributed by atoms with van der Waals surface area (Å²) >= 11 is 0. The lowest BCUT2D eigenvalue weighted by molar-refractivity contribution is -0.138. The number of aliphatic hydroxyl groups excluding tert-OH is 2. The van der Waals surface area contributed by atoms with E-state index in [-0.39, 0.29) is 72.5 Å². The van der Waals surface area contributed by atoms with Crippen LogP contribution in [0.2, 0.25) is 0 Å². The minimum Gasteiger partial charge on any atom is -0.450 e. The summed E-state index contributed by atoms with van der Waals surface area (Å²) in [5, 5.41) is 41.8. The number of carbonyl (C=O) groups excluding carboxylic acids is 4. The molecule has 0 bridgehead atoms. The summed E-state index contributed by atoms with van der Waals surface area (Å²) < 4.78 is 14.1. The Morgan fingerprint density at radius 2 is 1.70 bits per heavy atom. The molecule has 13 nitrogen and oxygen atoms in total. The summed E-state index contributed by atoms with van der Waals surface area (Å²) in [7, 11) is 0. The second-order valence-electron chi connectivity index (χ2n) is 17.7. The van der Waals surface area contributed by atoms with Gasteiger partial charge in [-0.25, -0.2) is 9.59 Å². The maximum atomic E-state index is 12.9. The summed E-state index contributed by atoms with van der Waals surface area (Å²) in [6, 6.07) is 10.6. The Bertz CT molecular complexity index is 1770. The van der Waals surface area contributed by atoms with Gasteiger partial charge in [-0.2, -0.15) is 0 Å². The molecule has 8 unspecified atom stereocenters. The van der Waals surface area contributed by atoms with Crippen LogP contribution >= 0.6 is 0 Å². The van der Waals surface area contributed by atoms with Gasteiger partial charge in [-0.15, -0.1) is 6.58 Å². The molecule has 6 rings (SSSR count). The van der Waals surface area contributed by atoms with Crippen molar-refractivity contribution in [3.63, 3.8) is 0 Å². The highest BCUT2D eigenvalue weighted by Crippen LogP contribution is 2.61. The third-order valence-electron chi connectivity index (χ3n) is 13.4. The Hall–Kier alpha value is -4.59. The molecule has 0 aliphatic heterocycles. The van der Waals surface area contributed by atoms with Crippen molar-refractivity contribution in [2.75, 3.05) is 26.4 Å². The van der Waals surface area contributed by atoms with E-state index >= 15 is 0 Å². The molecule has 0 radical (unpaired) electrons. The van der Waals surface area contributed by atoms with Crippen LogP contribution in [0, 0.1) is 29.1 Å². The molecule has 3 saturated carbocycles. The van der Waals surface area contributed by atoms with Gasteiger partial charge in [0.25, 0.3) is 0 Å². The van der Waals surface area contributed by atoms with Crippen molar-refractivity contribution >= 4 is 29.8 Å². The Balaban J connectivity index is 0.000000249. The number of rotatable bonds is 18. The van der Waals surface area contributed by atoms with Gasteiger partial charge in [0.2, 0.25) is 5.91 Å². The van der Waals surface area contributed by atoms with E-state index in [9.17, 15) is 39.3 Å². The number of nitrogens with one attached hydrogen (secondary N) is 1. The van der Waals surface area contributed by atoms with Crippen molar-refractivity contribution in [3.05, 3.63) is 84.0 Å². The van der Waals surface area contributed by atoms with Crippen molar-refractivity contribution in [2.24, 2.45) is 29.1 Å². The van der Waals surface area contributed by atoms with Crippen LogP contribution in [0.3, 0.4) is 0 Å². The Labute approximate surface area is 373 Å². The summed E-state index contributed by atoms with van der Waals surface area (Å²) in [6.07, 6.45) is 19.6. The first-order valence-electron chi connectivity index (χ1n) is 23.0. The van der Waals surface area contributed by atoms with Crippen molar-refractivity contribution in [1.29, 1.82) is 0 Å². The van der Waals surface area contributed by atoms with Crippen LogP contribution in [0.25, 0.3) is 0 Å². The van der Waals surface area contributed by atoms with E-state index < -0.39 is 30.4 Å². The Morgan fingerprint density at radius 1 is 0.937 bits per heavy atom. The molecule has 0 saturated heterocycles. The standard InChI is InChI=1S/C25H32O9.C14H25NO3.C11H14/c1-24-9-7-16(26)13-15(24)3-4-17-18(24)8-10-25(31)19(17)5-6-20(25)21(27)14-34-23(30)33-12-2-11-32-22(28)29;1-2-15-14(18)8-6-4-3-5-7-11-9-12(16)10-13(11)17;1-2-3-5-8-11-9-6-4-7-10-11/h8,13,17,19-20,31H,2-7,9-12,14H2,1H3,(H,28,29);3,5,11-13,16-17H,2,4,6-10H2,1H3,(H,15,18);2,4,6-7,9-10H,1,3,5,8H2/b;5-3-;. The zero-order chi connectivity index (χ0) is 45.8. The molecule has 63 heavy (non-hydrogen) atoms. The molecule has 1 aromatic carbocycles. The highest BCUT2D eigenvalue weighted by molar-refractivity contribution is 5.92. The Kier molecular flexibility index (Phi) is 20.8. The number of unbranched alkanes of at least 4 members (excludes halogenated alkanes) is 2. The summed E-state index contributed by atoms with van der Waals surface area (Å²) in [6.45, 7) is 7.83. The number of aryl methyl sites for hydroxylation is 1. The normalized spacial score (nSPS) is 28.0. The van der Waals surface area contributed by atoms with Gasteiger partial charge in [-0.1, -0.05) is 72.7 Å². The fourth-order valence-corrected chi connectivity index (χ4v) is 10.1. The highest BCUT2D eigenvalue weighted by atomic mass is 16.7. The number of carbonyl (C=O) groups is 5. The molecular weight excluding hydrogens is 807 g/mol. The number of benzene rings is 1. The number of ketones is 2. The van der Waals surface area contributed by atoms with Crippen LogP contribution in [-0.2, 0) is 35.0 Å². The number of hydrogen-bond acceptors (Lipinski definition) is 11. The monoisotopic (exact) mass is 877 g/mol. The van der Waals surface area contributed by atoms with E-state index in [1.165, 1.54) is 29.6 Å². The van der Waals surface area contributed by atoms with Crippen molar-refractivity contribution in [3.8, 4) is 0 Å². The number of allylic oxidation sites excluding steroid dienone is 6. The van der Waals surface area contributed by atoms with Gasteiger partial charge < -0.3 is 40.0 Å². The lowest BCUT2D eigenvalue weighted by Gasteiger charge is -2.52. The zero-order valence-electron chi connectivity index (χ0n) is 37.3. The molecule has 0 spiro atoms. The molecule has 1 aromatic rings. The average Bonchev–Trinajstić information content (AvgIpc) is 3.78. The van der Waals surface area contributed by atoms with Crippen LogP contribution in [0.15, 0.2) is 78.4 Å². The SMILES string of the molecule is C=CCCCc1ccccc1.CC12CCC(=O)C=C1CCC1C2=CCC2(O)C(C(=O)COC(=O)OCCCOC(=O)O)CCC12.CCNC(=O)CCC/C=C\CC1CC(O)CC1O. The van der Waals surface area contributed by atoms with Crippen molar-refractivity contribution in [1.82, 2.24) is 5.32 Å². The fraction of sp³-hybridized carbons (Fsp3) is 0.620. The third kappa shape index (κ3) is 15.3. The predicted molar refractivity (Wildman–Crippen MR) is 239 cm³/mol. The molecule has 13 heteroatoms. The van der Waals surface area contributed by atoms with E-state index in [4.69, 9.17) is 14.6 Å². The fourth-order valence-electron chi connectivity index (χ4n) is 10.1. The van der Waals surface area contributed by atoms with Crippen LogP contribution in [0.5, 0.6) is 0 Å². The number of fused-ring (bicyclic) bond motifs is 5. The van der Waals surface area contributed by atoms with E-state index in [0.717, 1.165) is 51.4 Å². The van der Waals surface area contributed by atoms with Crippen molar-refractivity contribution in [2.45, 2.75) is 141 Å². The van der Waals surface area contributed by atoms with Crippen LogP contribution in [0.1, 0.15) is 122 Å². The molecule has 0 aromatic heterocycles. The lowest BCUT2D eigenvalue weighted by atomic mass is 9.53. The van der Waals surface area contributed by atoms with E-state index in [0.29, 0.717) is 45.1 Å². The minimum atomic E-state index is -1.40. The highest BCUT2D eigenvalue weighted by Gasteiger charge is 2.59. The Morgan fingerprint density at radius 3 is 2.40 bits per heavy atom. The quantitative estimate of drug-likeness (QED) is 0.0538. The molecule has 5 N–H and O–H groups in total. The van der Waals surface area contributed by atoms with Gasteiger partial charge in [0, 0.05) is 31.2 Å². The third-order valence-corrected chi connectivity index (χ3v) is 13.4. The summed E-state index contributed by atoms with van der Waals surface area (Å²) in [4.78, 5) is 58.0. The minimum absolute atomic E-state index is 0.0290. The first-order chi connectivity index (χ1) is 30.2. The second-order valence-corrected chi connectivity index (χ2v) is 17.7. The first-order valence-corrected chi connectivity index (χ1v) is 23.0. The van der Waals surface area contributed by atoms with Gasteiger partial charge in [-0.3, -0.25) is 14.4 Å². The average molecular weight is 878 g/mol. The number of ether oxygens (including phenoxy) is 3. The van der Waals surface area contributed by atoms with Gasteiger partial charge in [-0.05, 0) is 126 Å². The van der Waals surface area contributed by atoms with Crippen molar-refractivity contribution < 1.29 is 58.6 Å². The van der Waals surface area contributed by atoms with E-state index in [1.807, 2.05) is 19.1 Å². The topological polar surface area (TPSA) is 206 Å². The number of aliphatic hydroxyl groups is 3. The molecule has 5 aliphatic carbocycles. The van der Waals surface area contributed by atoms with Gasteiger partial charge in [0.1, 0.15) is 0 Å². The molecule has 0 heterocycles. The van der Waals surface area contributed by atoms with Gasteiger partial charge in [0.05, 0.1) is 36.9 Å². The van der Waals surface area contributed by atoms with E-state index in [1.54, 1.807) is 0 Å². The van der Waals surface area contributed by atoms with Crippen LogP contribution in [-0.4, -0.2) is 94.4 Å². The smallest absolute Gasteiger partial charge is 0.450 e. The number of carboxylic acid groups (broad SMARTS) is 1. The van der Waals surface area contributed by atoms with Crippen LogP contribution < -0.4 is 5.32 Å². The lowest BCUT2D eigenvalue weighted by Crippen LogP contribution is -2.51.